The van der Waals surface area contributed by atoms with Crippen molar-refractivity contribution in [3.8, 4) is 0 Å². The Hall–Kier alpha value is -0.810. The number of nitrogens with one attached hydrogen (secondary N) is 1. The predicted octanol–water partition coefficient (Wildman–Crippen LogP) is 3.25. The summed E-state index contributed by atoms with van der Waals surface area (Å²) >= 11 is 5.72. The minimum absolute atomic E-state index is 0.0699. The van der Waals surface area contributed by atoms with Crippen LogP contribution < -0.4 is 5.32 Å². The minimum Gasteiger partial charge on any atom is -0.382 e. The lowest BCUT2D eigenvalue weighted by Crippen LogP contribution is -2.34. The van der Waals surface area contributed by atoms with Gasteiger partial charge in [0.25, 0.3) is 0 Å². The molecule has 0 aromatic heterocycles. The molecule has 6 heteroatoms. The number of benzene rings is 1. The van der Waals surface area contributed by atoms with Gasteiger partial charge in [-0.25, -0.2) is 12.8 Å². The van der Waals surface area contributed by atoms with Crippen molar-refractivity contribution in [1.29, 1.82) is 0 Å². The van der Waals surface area contributed by atoms with Gasteiger partial charge in [-0.3, -0.25) is 0 Å². The second kappa shape index (κ2) is 5.67. The maximum absolute atomic E-state index is 13.1. The van der Waals surface area contributed by atoms with Crippen LogP contribution in [0, 0.1) is 5.82 Å². The molecule has 0 amide bonds. The molecule has 1 aromatic rings. The summed E-state index contributed by atoms with van der Waals surface area (Å²) in [4.78, 5) is 0. The Labute approximate surface area is 118 Å². The smallest absolute Gasteiger partial charge is 0.150 e. The Kier molecular flexibility index (Phi) is 4.36. The third-order valence-electron chi connectivity index (χ3n) is 3.52. The normalized spacial score (nSPS) is 24.2. The fraction of sp³-hybridized carbons (Fsp3) is 0.538. The SMILES string of the molecule is CS(=O)(=O)C1CCCC(Nc2ccc(F)c(Cl)c2)C1. The van der Waals surface area contributed by atoms with Crippen LogP contribution >= 0.6 is 11.6 Å². The van der Waals surface area contributed by atoms with Crippen molar-refractivity contribution in [3.05, 3.63) is 29.0 Å². The van der Waals surface area contributed by atoms with Gasteiger partial charge in [0.15, 0.2) is 0 Å². The van der Waals surface area contributed by atoms with Gasteiger partial charge in [-0.2, -0.15) is 0 Å². The van der Waals surface area contributed by atoms with E-state index in [4.69, 9.17) is 11.6 Å². The van der Waals surface area contributed by atoms with Crippen LogP contribution in [0.3, 0.4) is 0 Å². The molecule has 1 fully saturated rings. The molecule has 3 nitrogen and oxygen atoms in total. The zero-order valence-electron chi connectivity index (χ0n) is 10.7. The highest BCUT2D eigenvalue weighted by atomic mass is 35.5. The molecule has 0 spiro atoms. The second-order valence-corrected chi connectivity index (χ2v) is 7.82. The molecule has 2 rings (SSSR count). The van der Waals surface area contributed by atoms with Gasteiger partial charge in [0.1, 0.15) is 15.7 Å². The van der Waals surface area contributed by atoms with Crippen molar-refractivity contribution in [2.24, 2.45) is 0 Å². The van der Waals surface area contributed by atoms with Crippen LogP contribution in [0.4, 0.5) is 10.1 Å². The third-order valence-corrected chi connectivity index (χ3v) is 5.45. The van der Waals surface area contributed by atoms with Crippen molar-refractivity contribution < 1.29 is 12.8 Å². The standard InChI is InChI=1S/C13H17ClFNO2S/c1-19(17,18)11-4-2-3-9(7-11)16-10-5-6-13(15)12(14)8-10/h5-6,8-9,11,16H,2-4,7H2,1H3. The molecule has 1 aliphatic carbocycles. The summed E-state index contributed by atoms with van der Waals surface area (Å²) in [6, 6.07) is 4.54. The van der Waals surface area contributed by atoms with Crippen molar-refractivity contribution in [1.82, 2.24) is 0 Å². The monoisotopic (exact) mass is 305 g/mol. The van der Waals surface area contributed by atoms with Gasteiger partial charge in [-0.05, 0) is 37.5 Å². The maximum atomic E-state index is 13.1. The summed E-state index contributed by atoms with van der Waals surface area (Å²) < 4.78 is 36.2. The van der Waals surface area contributed by atoms with E-state index in [1.165, 1.54) is 18.4 Å². The van der Waals surface area contributed by atoms with Gasteiger partial charge in [-0.15, -0.1) is 0 Å². The first kappa shape index (κ1) is 14.6. The van der Waals surface area contributed by atoms with E-state index in [2.05, 4.69) is 5.32 Å². The van der Waals surface area contributed by atoms with Gasteiger partial charge in [0.2, 0.25) is 0 Å². The van der Waals surface area contributed by atoms with Crippen molar-refractivity contribution >= 4 is 27.1 Å². The molecule has 0 saturated heterocycles. The van der Waals surface area contributed by atoms with E-state index >= 15 is 0 Å². The molecular weight excluding hydrogens is 289 g/mol. The Morgan fingerprint density at radius 2 is 2.11 bits per heavy atom. The molecule has 0 radical (unpaired) electrons. The molecule has 1 N–H and O–H groups in total. The maximum Gasteiger partial charge on any atom is 0.150 e. The lowest BCUT2D eigenvalue weighted by atomic mass is 9.95. The molecule has 2 unspecified atom stereocenters. The van der Waals surface area contributed by atoms with E-state index < -0.39 is 15.7 Å². The molecule has 106 valence electrons. The van der Waals surface area contributed by atoms with Gasteiger partial charge in [0.05, 0.1) is 10.3 Å². The number of sulfone groups is 1. The molecule has 1 aliphatic rings. The van der Waals surface area contributed by atoms with E-state index in [0.717, 1.165) is 24.9 Å². The first-order valence-corrected chi connectivity index (χ1v) is 8.60. The predicted molar refractivity (Wildman–Crippen MR) is 75.9 cm³/mol. The summed E-state index contributed by atoms with van der Waals surface area (Å²) in [5, 5.41) is 3.02. The Bertz CT molecular complexity index is 562. The van der Waals surface area contributed by atoms with E-state index in [1.54, 1.807) is 6.07 Å². The molecule has 19 heavy (non-hydrogen) atoms. The summed E-state index contributed by atoms with van der Waals surface area (Å²) in [6.45, 7) is 0. The van der Waals surface area contributed by atoms with Crippen LogP contribution in [-0.4, -0.2) is 26.0 Å². The first-order chi connectivity index (χ1) is 8.86. The number of halogens is 2. The summed E-state index contributed by atoms with van der Waals surface area (Å²) in [6.07, 6.45) is 4.40. The van der Waals surface area contributed by atoms with Crippen molar-refractivity contribution in [3.63, 3.8) is 0 Å². The number of anilines is 1. The first-order valence-electron chi connectivity index (χ1n) is 6.26. The van der Waals surface area contributed by atoms with Gasteiger partial charge in [-0.1, -0.05) is 18.0 Å². The molecule has 0 bridgehead atoms. The fourth-order valence-corrected chi connectivity index (χ4v) is 3.84. The van der Waals surface area contributed by atoms with Gasteiger partial charge >= 0.3 is 0 Å². The molecule has 0 heterocycles. The lowest BCUT2D eigenvalue weighted by Gasteiger charge is -2.29. The fourth-order valence-electron chi connectivity index (χ4n) is 2.49. The average Bonchev–Trinajstić information content (AvgIpc) is 2.33. The summed E-state index contributed by atoms with van der Waals surface area (Å²) in [5.74, 6) is -0.454. The topological polar surface area (TPSA) is 46.2 Å². The Morgan fingerprint density at radius 3 is 2.74 bits per heavy atom. The van der Waals surface area contributed by atoms with Gasteiger partial charge < -0.3 is 5.32 Å². The molecule has 2 atom stereocenters. The third kappa shape index (κ3) is 3.83. The van der Waals surface area contributed by atoms with Crippen LogP contribution in [0.5, 0.6) is 0 Å². The summed E-state index contributed by atoms with van der Waals surface area (Å²) in [5.41, 5.74) is 0.727. The molecule has 0 aliphatic heterocycles. The zero-order valence-corrected chi connectivity index (χ0v) is 12.3. The molecule has 1 saturated carbocycles. The van der Waals surface area contributed by atoms with Crippen molar-refractivity contribution in [2.75, 3.05) is 11.6 Å². The highest BCUT2D eigenvalue weighted by molar-refractivity contribution is 7.91. The number of hydrogen-bond donors (Lipinski definition) is 1. The zero-order chi connectivity index (χ0) is 14.0. The minimum atomic E-state index is -2.99. The Morgan fingerprint density at radius 1 is 1.37 bits per heavy atom. The Balaban J connectivity index is 2.04. The molecule has 1 aromatic carbocycles. The van der Waals surface area contributed by atoms with Gasteiger partial charge in [0, 0.05) is 18.0 Å². The van der Waals surface area contributed by atoms with E-state index in [9.17, 15) is 12.8 Å². The highest BCUT2D eigenvalue weighted by Crippen LogP contribution is 2.27. The average molecular weight is 306 g/mol. The van der Waals surface area contributed by atoms with Crippen LogP contribution in [0.15, 0.2) is 18.2 Å². The van der Waals surface area contributed by atoms with E-state index in [-0.39, 0.29) is 16.3 Å². The quantitative estimate of drug-likeness (QED) is 0.932. The lowest BCUT2D eigenvalue weighted by molar-refractivity contribution is 0.453. The highest BCUT2D eigenvalue weighted by Gasteiger charge is 2.28. The van der Waals surface area contributed by atoms with E-state index in [1.807, 2.05) is 0 Å². The van der Waals surface area contributed by atoms with Crippen molar-refractivity contribution in [2.45, 2.75) is 37.0 Å². The largest absolute Gasteiger partial charge is 0.382 e. The number of hydrogen-bond acceptors (Lipinski definition) is 3. The van der Waals surface area contributed by atoms with E-state index in [0.29, 0.717) is 6.42 Å². The van der Waals surface area contributed by atoms with Crippen LogP contribution in [0.2, 0.25) is 5.02 Å². The number of rotatable bonds is 3. The van der Waals surface area contributed by atoms with Crippen LogP contribution in [-0.2, 0) is 9.84 Å². The molecular formula is C13H17ClFNO2S. The van der Waals surface area contributed by atoms with Crippen LogP contribution in [0.25, 0.3) is 0 Å². The van der Waals surface area contributed by atoms with Crippen LogP contribution in [0.1, 0.15) is 25.7 Å². The summed E-state index contributed by atoms with van der Waals surface area (Å²) in [7, 11) is -2.99. The second-order valence-electron chi connectivity index (χ2n) is 5.09.